The number of hydrogen-bond donors (Lipinski definition) is 3. The molecule has 0 radical (unpaired) electrons. The molecule has 134 valence electrons. The van der Waals surface area contributed by atoms with Crippen LogP contribution in [-0.2, 0) is 4.79 Å². The minimum atomic E-state index is -0.104. The summed E-state index contributed by atoms with van der Waals surface area (Å²) < 4.78 is 0. The summed E-state index contributed by atoms with van der Waals surface area (Å²) in [5.41, 5.74) is 2.54. The number of rotatable bonds is 5. The van der Waals surface area contributed by atoms with Crippen LogP contribution in [0.3, 0.4) is 0 Å². The standard InChI is InChI=1S/C20H27N3O2/c24-19(22-14-15-9-11-21-12-10-15)17-7-4-8-18(13-17)23-20(25)16-5-2-1-3-6-16/h4,7-9,13,16,21H,1-3,5-6,10-12,14H2,(H,22,24)(H,23,25). The monoisotopic (exact) mass is 341 g/mol. The van der Waals surface area contributed by atoms with Crippen molar-refractivity contribution in [3.63, 3.8) is 0 Å². The topological polar surface area (TPSA) is 70.2 Å². The second-order valence-electron chi connectivity index (χ2n) is 6.90. The van der Waals surface area contributed by atoms with E-state index in [0.29, 0.717) is 17.8 Å². The van der Waals surface area contributed by atoms with Gasteiger partial charge in [-0.05, 0) is 44.0 Å². The van der Waals surface area contributed by atoms with Crippen LogP contribution in [0.1, 0.15) is 48.9 Å². The molecule has 0 atom stereocenters. The summed E-state index contributed by atoms with van der Waals surface area (Å²) in [6.45, 7) is 2.41. The molecule has 3 rings (SSSR count). The van der Waals surface area contributed by atoms with Gasteiger partial charge in [-0.15, -0.1) is 0 Å². The molecule has 1 aliphatic carbocycles. The summed E-state index contributed by atoms with van der Waals surface area (Å²) in [4.78, 5) is 24.7. The van der Waals surface area contributed by atoms with Gasteiger partial charge in [0.1, 0.15) is 0 Å². The fraction of sp³-hybridized carbons (Fsp3) is 0.500. The van der Waals surface area contributed by atoms with Crippen LogP contribution >= 0.6 is 0 Å². The summed E-state index contributed by atoms with van der Waals surface area (Å²) in [7, 11) is 0. The Hall–Kier alpha value is -2.14. The lowest BCUT2D eigenvalue weighted by Crippen LogP contribution is -2.29. The molecule has 1 aromatic rings. The molecule has 1 aliphatic heterocycles. The average molecular weight is 341 g/mol. The minimum Gasteiger partial charge on any atom is -0.348 e. The summed E-state index contributed by atoms with van der Waals surface area (Å²) in [6.07, 6.45) is 8.53. The summed E-state index contributed by atoms with van der Waals surface area (Å²) >= 11 is 0. The van der Waals surface area contributed by atoms with Crippen molar-refractivity contribution in [2.24, 2.45) is 5.92 Å². The number of benzene rings is 1. The number of hydrogen-bond acceptors (Lipinski definition) is 3. The van der Waals surface area contributed by atoms with Crippen LogP contribution < -0.4 is 16.0 Å². The van der Waals surface area contributed by atoms with Gasteiger partial charge in [-0.1, -0.05) is 37.0 Å². The Bertz CT molecular complexity index is 648. The predicted molar refractivity (Wildman–Crippen MR) is 99.5 cm³/mol. The van der Waals surface area contributed by atoms with Crippen molar-refractivity contribution in [3.05, 3.63) is 41.5 Å². The Morgan fingerprint density at radius 1 is 1.16 bits per heavy atom. The summed E-state index contributed by atoms with van der Waals surface area (Å²) in [5.74, 6) is 0.0865. The molecule has 5 nitrogen and oxygen atoms in total. The van der Waals surface area contributed by atoms with E-state index in [1.165, 1.54) is 12.0 Å². The molecule has 0 spiro atoms. The smallest absolute Gasteiger partial charge is 0.251 e. The number of anilines is 1. The second-order valence-corrected chi connectivity index (χ2v) is 6.90. The Labute approximate surface area is 149 Å². The van der Waals surface area contributed by atoms with Gasteiger partial charge >= 0.3 is 0 Å². The van der Waals surface area contributed by atoms with Crippen molar-refractivity contribution in [2.75, 3.05) is 25.0 Å². The third-order valence-corrected chi connectivity index (χ3v) is 5.00. The zero-order valence-electron chi connectivity index (χ0n) is 14.6. The lowest BCUT2D eigenvalue weighted by Gasteiger charge is -2.20. The van der Waals surface area contributed by atoms with Gasteiger partial charge in [0.2, 0.25) is 5.91 Å². The maximum atomic E-state index is 12.4. The third kappa shape index (κ3) is 5.16. The molecule has 0 unspecified atom stereocenters. The lowest BCUT2D eigenvalue weighted by atomic mass is 9.88. The van der Waals surface area contributed by atoms with Crippen LogP contribution in [0.4, 0.5) is 5.69 Å². The first-order valence-electron chi connectivity index (χ1n) is 9.30. The molecule has 5 heteroatoms. The van der Waals surface area contributed by atoms with Gasteiger partial charge < -0.3 is 16.0 Å². The van der Waals surface area contributed by atoms with E-state index in [9.17, 15) is 9.59 Å². The Morgan fingerprint density at radius 3 is 2.76 bits per heavy atom. The molecule has 2 aliphatic rings. The molecule has 1 aromatic carbocycles. The number of carbonyl (C=O) groups excluding carboxylic acids is 2. The highest BCUT2D eigenvalue weighted by molar-refractivity contribution is 5.97. The number of carbonyl (C=O) groups is 2. The molecule has 3 N–H and O–H groups in total. The highest BCUT2D eigenvalue weighted by atomic mass is 16.2. The normalized spacial score (nSPS) is 18.3. The van der Waals surface area contributed by atoms with Crippen LogP contribution in [0, 0.1) is 5.92 Å². The number of nitrogens with one attached hydrogen (secondary N) is 3. The Kier molecular flexibility index (Phi) is 6.23. The Balaban J connectivity index is 1.55. The summed E-state index contributed by atoms with van der Waals surface area (Å²) in [6, 6.07) is 7.19. The molecule has 2 amide bonds. The minimum absolute atomic E-state index is 0.0807. The summed E-state index contributed by atoms with van der Waals surface area (Å²) in [5, 5.41) is 9.20. The van der Waals surface area contributed by atoms with Crippen LogP contribution in [-0.4, -0.2) is 31.4 Å². The van der Waals surface area contributed by atoms with Gasteiger partial charge in [0.15, 0.2) is 0 Å². The molecule has 1 fully saturated rings. The van der Waals surface area contributed by atoms with Crippen molar-refractivity contribution in [3.8, 4) is 0 Å². The van der Waals surface area contributed by atoms with Gasteiger partial charge in [0.25, 0.3) is 5.91 Å². The molecular formula is C20H27N3O2. The maximum absolute atomic E-state index is 12.4. The van der Waals surface area contributed by atoms with Crippen LogP contribution in [0.2, 0.25) is 0 Å². The van der Waals surface area contributed by atoms with Gasteiger partial charge in [0, 0.05) is 30.3 Å². The SMILES string of the molecule is O=C(NCC1=CCNCC1)c1cccc(NC(=O)C2CCCCC2)c1. The van der Waals surface area contributed by atoms with Crippen molar-refractivity contribution in [2.45, 2.75) is 38.5 Å². The quantitative estimate of drug-likeness (QED) is 0.721. The molecule has 25 heavy (non-hydrogen) atoms. The van der Waals surface area contributed by atoms with Gasteiger partial charge in [0.05, 0.1) is 0 Å². The fourth-order valence-electron chi connectivity index (χ4n) is 3.47. The van der Waals surface area contributed by atoms with Crippen LogP contribution in [0.25, 0.3) is 0 Å². The zero-order chi connectivity index (χ0) is 17.5. The first kappa shape index (κ1) is 17.7. The maximum Gasteiger partial charge on any atom is 0.251 e. The molecular weight excluding hydrogens is 314 g/mol. The van der Waals surface area contributed by atoms with Crippen molar-refractivity contribution in [1.29, 1.82) is 0 Å². The average Bonchev–Trinajstić information content (AvgIpc) is 2.68. The van der Waals surface area contributed by atoms with Crippen LogP contribution in [0.5, 0.6) is 0 Å². The van der Waals surface area contributed by atoms with E-state index in [1.54, 1.807) is 12.1 Å². The van der Waals surface area contributed by atoms with Gasteiger partial charge in [-0.25, -0.2) is 0 Å². The predicted octanol–water partition coefficient (Wildman–Crippen LogP) is 2.85. The van der Waals surface area contributed by atoms with E-state index in [2.05, 4.69) is 22.0 Å². The van der Waals surface area contributed by atoms with E-state index in [4.69, 9.17) is 0 Å². The van der Waals surface area contributed by atoms with E-state index in [0.717, 1.165) is 45.2 Å². The Morgan fingerprint density at radius 2 is 2.00 bits per heavy atom. The van der Waals surface area contributed by atoms with E-state index in [-0.39, 0.29) is 17.7 Å². The van der Waals surface area contributed by atoms with E-state index >= 15 is 0 Å². The van der Waals surface area contributed by atoms with Crippen molar-refractivity contribution in [1.82, 2.24) is 10.6 Å². The van der Waals surface area contributed by atoms with E-state index < -0.39 is 0 Å². The van der Waals surface area contributed by atoms with Gasteiger partial charge in [-0.3, -0.25) is 9.59 Å². The van der Waals surface area contributed by atoms with Crippen LogP contribution in [0.15, 0.2) is 35.9 Å². The highest BCUT2D eigenvalue weighted by Gasteiger charge is 2.21. The first-order chi connectivity index (χ1) is 12.2. The molecule has 0 aromatic heterocycles. The molecule has 0 saturated heterocycles. The largest absolute Gasteiger partial charge is 0.348 e. The highest BCUT2D eigenvalue weighted by Crippen LogP contribution is 2.25. The van der Waals surface area contributed by atoms with Crippen molar-refractivity contribution < 1.29 is 9.59 Å². The van der Waals surface area contributed by atoms with Gasteiger partial charge in [-0.2, -0.15) is 0 Å². The first-order valence-corrected chi connectivity index (χ1v) is 9.30. The molecule has 1 saturated carbocycles. The second kappa shape index (κ2) is 8.81. The third-order valence-electron chi connectivity index (χ3n) is 5.00. The number of amides is 2. The van der Waals surface area contributed by atoms with E-state index in [1.807, 2.05) is 12.1 Å². The molecule has 1 heterocycles. The molecule has 0 bridgehead atoms. The lowest BCUT2D eigenvalue weighted by molar-refractivity contribution is -0.120. The fourth-order valence-corrected chi connectivity index (χ4v) is 3.47. The van der Waals surface area contributed by atoms with Crippen molar-refractivity contribution >= 4 is 17.5 Å². The zero-order valence-corrected chi connectivity index (χ0v) is 14.6.